The van der Waals surface area contributed by atoms with E-state index in [1.54, 1.807) is 0 Å². The van der Waals surface area contributed by atoms with Gasteiger partial charge in [0, 0.05) is 6.61 Å². The molecule has 5 aliphatic rings. The number of hydrogen-bond acceptors (Lipinski definition) is 1. The molecule has 0 aliphatic heterocycles. The largest absolute Gasteiger partial charge is 0.396 e. The van der Waals surface area contributed by atoms with Crippen molar-refractivity contribution in [3.8, 4) is 0 Å². The fraction of sp³-hybridized carbons (Fsp3) is 1.00. The maximum Gasteiger partial charge on any atom is 0.0464 e. The van der Waals surface area contributed by atoms with Gasteiger partial charge in [-0.25, -0.2) is 0 Å². The van der Waals surface area contributed by atoms with Gasteiger partial charge in [0.25, 0.3) is 0 Å². The highest BCUT2D eigenvalue weighted by Crippen LogP contribution is 2.70. The first-order chi connectivity index (χ1) is 11.1. The lowest BCUT2D eigenvalue weighted by Crippen LogP contribution is -2.54. The molecule has 0 aromatic rings. The summed E-state index contributed by atoms with van der Waals surface area (Å²) in [5.41, 5.74) is 0.475. The van der Waals surface area contributed by atoms with Gasteiger partial charge in [0.1, 0.15) is 0 Å². The topological polar surface area (TPSA) is 20.2 Å². The van der Waals surface area contributed by atoms with Crippen molar-refractivity contribution in [1.29, 1.82) is 0 Å². The van der Waals surface area contributed by atoms with Crippen LogP contribution in [0.5, 0.6) is 0 Å². The Balaban J connectivity index is 1.43. The molecule has 0 radical (unpaired) electrons. The maximum absolute atomic E-state index is 10.0. The van der Waals surface area contributed by atoms with E-state index in [0.29, 0.717) is 17.9 Å². The van der Waals surface area contributed by atoms with Crippen LogP contribution in [0.4, 0.5) is 0 Å². The summed E-state index contributed by atoms with van der Waals surface area (Å²) in [6.45, 7) is 5.53. The van der Waals surface area contributed by atoms with Crippen LogP contribution in [0, 0.1) is 58.7 Å². The quantitative estimate of drug-likeness (QED) is 0.711. The molecule has 0 bridgehead atoms. The standard InChI is InChI=1S/C22H36O/c1-13-3-5-17-14(9-13)4-6-19-18(17)7-8-22(2)16(12-23)10-15-11-20(15)21(19)22/h13-21,23H,3-12H2,1-2H3. The van der Waals surface area contributed by atoms with E-state index in [1.165, 1.54) is 57.8 Å². The van der Waals surface area contributed by atoms with E-state index >= 15 is 0 Å². The van der Waals surface area contributed by atoms with Crippen molar-refractivity contribution >= 4 is 0 Å². The van der Waals surface area contributed by atoms with Gasteiger partial charge in [-0.3, -0.25) is 0 Å². The van der Waals surface area contributed by atoms with Gasteiger partial charge in [-0.05, 0) is 110 Å². The minimum absolute atomic E-state index is 0.456. The van der Waals surface area contributed by atoms with Gasteiger partial charge in [-0.1, -0.05) is 20.3 Å². The highest BCUT2D eigenvalue weighted by atomic mass is 16.3. The van der Waals surface area contributed by atoms with E-state index in [1.807, 2.05) is 0 Å². The van der Waals surface area contributed by atoms with Gasteiger partial charge in [0.15, 0.2) is 0 Å². The summed E-state index contributed by atoms with van der Waals surface area (Å²) < 4.78 is 0. The molecule has 130 valence electrons. The Kier molecular flexibility index (Phi) is 3.46. The second kappa shape index (κ2) is 5.23. The van der Waals surface area contributed by atoms with Crippen LogP contribution in [-0.2, 0) is 0 Å². The Morgan fingerprint density at radius 1 is 0.826 bits per heavy atom. The summed E-state index contributed by atoms with van der Waals surface area (Å²) >= 11 is 0. The van der Waals surface area contributed by atoms with Crippen molar-refractivity contribution in [2.45, 2.75) is 71.6 Å². The molecular formula is C22H36O. The van der Waals surface area contributed by atoms with E-state index in [-0.39, 0.29) is 0 Å². The molecule has 0 saturated heterocycles. The molecule has 10 atom stereocenters. The van der Waals surface area contributed by atoms with Crippen LogP contribution < -0.4 is 0 Å². The van der Waals surface area contributed by atoms with Crippen molar-refractivity contribution < 1.29 is 5.11 Å². The molecule has 0 spiro atoms. The average Bonchev–Trinajstić information content (AvgIpc) is 3.31. The predicted molar refractivity (Wildman–Crippen MR) is 93.8 cm³/mol. The van der Waals surface area contributed by atoms with Crippen molar-refractivity contribution in [1.82, 2.24) is 0 Å². The first-order valence-electron chi connectivity index (χ1n) is 10.7. The van der Waals surface area contributed by atoms with Crippen LogP contribution in [-0.4, -0.2) is 11.7 Å². The molecule has 23 heavy (non-hydrogen) atoms. The molecule has 5 saturated carbocycles. The third-order valence-corrected chi connectivity index (χ3v) is 9.69. The SMILES string of the molecule is CC1CCC2C(CCC3C2CCC2(C)C(CO)CC4CC4C32)C1. The number of aliphatic hydroxyl groups is 1. The summed E-state index contributed by atoms with van der Waals surface area (Å²) in [4.78, 5) is 0. The molecule has 0 heterocycles. The molecule has 1 N–H and O–H groups in total. The third-order valence-electron chi connectivity index (χ3n) is 9.69. The van der Waals surface area contributed by atoms with Crippen LogP contribution in [0.15, 0.2) is 0 Å². The molecule has 5 rings (SSSR count). The number of aliphatic hydroxyl groups excluding tert-OH is 1. The van der Waals surface area contributed by atoms with E-state index in [0.717, 1.165) is 47.3 Å². The van der Waals surface area contributed by atoms with Crippen molar-refractivity contribution in [3.05, 3.63) is 0 Å². The highest BCUT2D eigenvalue weighted by Gasteiger charge is 2.63. The zero-order valence-electron chi connectivity index (χ0n) is 15.2. The van der Waals surface area contributed by atoms with E-state index in [9.17, 15) is 5.11 Å². The molecular weight excluding hydrogens is 280 g/mol. The molecule has 0 amide bonds. The van der Waals surface area contributed by atoms with Gasteiger partial charge in [-0.15, -0.1) is 0 Å². The lowest BCUT2D eigenvalue weighted by atomic mass is 9.45. The molecule has 1 heteroatoms. The number of fused-ring (bicyclic) bond motifs is 7. The van der Waals surface area contributed by atoms with Crippen LogP contribution in [0.3, 0.4) is 0 Å². The van der Waals surface area contributed by atoms with Gasteiger partial charge < -0.3 is 5.11 Å². The number of hydrogen-bond donors (Lipinski definition) is 1. The lowest BCUT2D eigenvalue weighted by molar-refractivity contribution is -0.123. The fourth-order valence-corrected chi connectivity index (χ4v) is 8.55. The molecule has 1 nitrogen and oxygen atoms in total. The second-order valence-electron chi connectivity index (χ2n) is 10.6. The second-order valence-corrected chi connectivity index (χ2v) is 10.6. The van der Waals surface area contributed by atoms with E-state index in [4.69, 9.17) is 0 Å². The van der Waals surface area contributed by atoms with Gasteiger partial charge in [0.2, 0.25) is 0 Å². The zero-order chi connectivity index (χ0) is 15.8. The smallest absolute Gasteiger partial charge is 0.0464 e. The minimum Gasteiger partial charge on any atom is -0.396 e. The monoisotopic (exact) mass is 316 g/mol. The van der Waals surface area contributed by atoms with Crippen LogP contribution in [0.25, 0.3) is 0 Å². The highest BCUT2D eigenvalue weighted by molar-refractivity contribution is 5.12. The summed E-state index contributed by atoms with van der Waals surface area (Å²) in [7, 11) is 0. The van der Waals surface area contributed by atoms with Gasteiger partial charge >= 0.3 is 0 Å². The average molecular weight is 317 g/mol. The number of rotatable bonds is 1. The first-order valence-corrected chi connectivity index (χ1v) is 10.7. The van der Waals surface area contributed by atoms with Crippen LogP contribution in [0.2, 0.25) is 0 Å². The predicted octanol–water partition coefficient (Wildman–Crippen LogP) is 5.13. The molecule has 0 aromatic heterocycles. The summed E-state index contributed by atoms with van der Waals surface area (Å²) in [6.07, 6.45) is 13.4. The Labute approximate surface area is 142 Å². The van der Waals surface area contributed by atoms with Gasteiger partial charge in [0.05, 0.1) is 0 Å². The van der Waals surface area contributed by atoms with E-state index in [2.05, 4.69) is 13.8 Å². The Bertz CT molecular complexity index is 473. The van der Waals surface area contributed by atoms with Crippen molar-refractivity contribution in [2.75, 3.05) is 6.61 Å². The lowest BCUT2D eigenvalue weighted by Gasteiger charge is -2.60. The van der Waals surface area contributed by atoms with Gasteiger partial charge in [-0.2, -0.15) is 0 Å². The van der Waals surface area contributed by atoms with Crippen molar-refractivity contribution in [2.24, 2.45) is 58.7 Å². The van der Waals surface area contributed by atoms with Crippen LogP contribution in [0.1, 0.15) is 71.6 Å². The minimum atomic E-state index is 0.456. The first kappa shape index (κ1) is 15.2. The molecule has 5 aliphatic carbocycles. The van der Waals surface area contributed by atoms with E-state index < -0.39 is 0 Å². The third kappa shape index (κ3) is 2.14. The van der Waals surface area contributed by atoms with Crippen LogP contribution >= 0.6 is 0 Å². The fourth-order valence-electron chi connectivity index (χ4n) is 8.55. The maximum atomic E-state index is 10.0. The summed E-state index contributed by atoms with van der Waals surface area (Å²) in [5, 5.41) is 10.0. The molecule has 10 unspecified atom stereocenters. The Morgan fingerprint density at radius 3 is 2.48 bits per heavy atom. The Hall–Kier alpha value is -0.0400. The Morgan fingerprint density at radius 2 is 1.65 bits per heavy atom. The molecule has 5 fully saturated rings. The zero-order valence-corrected chi connectivity index (χ0v) is 15.2. The van der Waals surface area contributed by atoms with Crippen molar-refractivity contribution in [3.63, 3.8) is 0 Å². The summed E-state index contributed by atoms with van der Waals surface area (Å²) in [6, 6.07) is 0. The normalized spacial score (nSPS) is 60.9. The summed E-state index contributed by atoms with van der Waals surface area (Å²) in [5.74, 6) is 8.83. The molecule has 0 aromatic carbocycles.